The van der Waals surface area contributed by atoms with Crippen LogP contribution in [0.2, 0.25) is 35.2 Å². The Morgan fingerprint density at radius 1 is 0.488 bits per heavy atom. The average Bonchev–Trinajstić information content (AvgIpc) is 1.64. The minimum atomic E-state index is -0.897. The zero-order valence-corrected chi connectivity index (χ0v) is 71.6. The van der Waals surface area contributed by atoms with Crippen molar-refractivity contribution in [1.29, 1.82) is 0 Å². The summed E-state index contributed by atoms with van der Waals surface area (Å²) >= 11 is 41.4. The number of esters is 2. The highest BCUT2D eigenvalue weighted by Gasteiger charge is 2.23. The summed E-state index contributed by atoms with van der Waals surface area (Å²) in [6, 6.07) is 33.4. The molecule has 0 saturated heterocycles. The second-order valence-corrected chi connectivity index (χ2v) is 29.6. The van der Waals surface area contributed by atoms with E-state index in [0.717, 1.165) is 17.8 Å². The van der Waals surface area contributed by atoms with Crippen molar-refractivity contribution in [3.05, 3.63) is 374 Å². The summed E-state index contributed by atoms with van der Waals surface area (Å²) < 4.78 is 78.1. The molecule has 638 valence electrons. The Balaban J connectivity index is 0.000000152. The lowest BCUT2D eigenvalue weighted by atomic mass is 10.2. The molecule has 123 heavy (non-hydrogen) atoms. The molecule has 0 amide bonds. The number of H-pyrrole nitrogens is 2. The fourth-order valence-corrected chi connectivity index (χ4v) is 14.3. The summed E-state index contributed by atoms with van der Waals surface area (Å²) in [5, 5.41) is 16.1. The molecule has 5 N–H and O–H groups in total. The first-order valence-corrected chi connectivity index (χ1v) is 39.8. The van der Waals surface area contributed by atoms with Crippen LogP contribution in [-0.4, -0.2) is 91.9 Å². The van der Waals surface area contributed by atoms with E-state index in [0.29, 0.717) is 110 Å². The Hall–Kier alpha value is -12.5. The smallest absolute Gasteiger partial charge is 0.356 e. The molecule has 12 heterocycles. The monoisotopic (exact) mass is 1820 g/mol. The van der Waals surface area contributed by atoms with Gasteiger partial charge in [0.25, 0.3) is 27.8 Å². The highest BCUT2D eigenvalue weighted by atomic mass is 35.5. The minimum Gasteiger partial charge on any atom is -0.464 e. The number of hydrogen-bond donors (Lipinski definition) is 4. The van der Waals surface area contributed by atoms with Crippen LogP contribution in [-0.2, 0) is 33.7 Å². The van der Waals surface area contributed by atoms with Crippen LogP contribution in [0, 0.1) is 23.3 Å². The average molecular weight is 1820 g/mol. The quantitative estimate of drug-likeness (QED) is 0.0245. The number of ether oxygens (including phenoxy) is 2. The van der Waals surface area contributed by atoms with E-state index < -0.39 is 58.7 Å². The number of aromatic nitrogens is 12. The van der Waals surface area contributed by atoms with E-state index in [-0.39, 0.29) is 51.6 Å². The molecule has 0 aliphatic carbocycles. The zero-order valence-electron chi connectivity index (χ0n) is 66.3. The van der Waals surface area contributed by atoms with Crippen molar-refractivity contribution in [2.75, 3.05) is 14.2 Å². The van der Waals surface area contributed by atoms with Crippen LogP contribution in [0.1, 0.15) is 116 Å². The van der Waals surface area contributed by atoms with E-state index >= 15 is 0 Å². The number of aliphatic hydroxyl groups is 1. The molecule has 0 aliphatic rings. The van der Waals surface area contributed by atoms with E-state index in [1.807, 2.05) is 26.2 Å². The number of nitrogens with two attached hydrogens (primary N) is 1. The van der Waals surface area contributed by atoms with Crippen molar-refractivity contribution in [2.24, 2.45) is 10.8 Å². The number of benzene rings is 4. The van der Waals surface area contributed by atoms with Crippen molar-refractivity contribution < 1.29 is 46.5 Å². The van der Waals surface area contributed by atoms with Gasteiger partial charge in [0.2, 0.25) is 0 Å². The highest BCUT2D eigenvalue weighted by Crippen LogP contribution is 2.28. The number of ketones is 1. The molecule has 3 atom stereocenters. The largest absolute Gasteiger partial charge is 0.464 e. The third-order valence-corrected chi connectivity index (χ3v) is 20.7. The van der Waals surface area contributed by atoms with Gasteiger partial charge in [-0.2, -0.15) is 0 Å². The number of methoxy groups -OCH3 is 2. The Morgan fingerprint density at radius 2 is 0.870 bits per heavy atom. The number of aryl methyl sites for hydroxylation is 2. The maximum Gasteiger partial charge on any atom is 0.356 e. The molecule has 0 bridgehead atoms. The van der Waals surface area contributed by atoms with E-state index in [9.17, 15) is 61.0 Å². The molecular weight excluding hydrogens is 1750 g/mol. The van der Waals surface area contributed by atoms with Gasteiger partial charge in [-0.15, -0.1) is 0 Å². The molecule has 0 saturated carbocycles. The molecule has 16 aromatic rings. The summed E-state index contributed by atoms with van der Waals surface area (Å²) in [5.41, 5.74) is 20.1. The predicted octanol–water partition coefficient (Wildman–Crippen LogP) is 18.7. The number of nitrogens with zero attached hydrogens (tertiary/aromatic N) is 13. The maximum absolute atomic E-state index is 13.6. The van der Waals surface area contributed by atoms with Crippen LogP contribution in [0.3, 0.4) is 0 Å². The Kier molecular flexibility index (Phi) is 31.2. The van der Waals surface area contributed by atoms with Crippen molar-refractivity contribution in [3.63, 3.8) is 0 Å². The van der Waals surface area contributed by atoms with Crippen LogP contribution in [0.4, 0.5) is 17.6 Å². The summed E-state index contributed by atoms with van der Waals surface area (Å²) in [6.45, 7) is 10.8. The molecule has 0 radical (unpaired) electrons. The lowest BCUT2D eigenvalue weighted by Gasteiger charge is -2.16. The number of halogens is 11. The lowest BCUT2D eigenvalue weighted by Crippen LogP contribution is -2.27. The van der Waals surface area contributed by atoms with E-state index in [1.165, 1.54) is 97.7 Å². The molecule has 0 spiro atoms. The molecule has 12 aromatic heterocycles. The highest BCUT2D eigenvalue weighted by molar-refractivity contribution is 6.36. The SMILES string of the molecule is CC(N)c1cn2ccc(Cl)c2c(=O)n1-c1cccc(F)c1.CC(N=[N+]=[N-])c1cn2ccc(Cl)c2c(=O)n1-c1cccc(F)c1.CC(O)c1cn2ccc(Cl)c2c(=O)n1-c1cccc(F)c1.CCC(=O)Cn1ccc(Cl)c1C(=O)OC.CCc1cn2ccc(Cl)c2c(=O)[nH]1.CCc1cn2ccc(Cl)c2c(=O)n1-c1cccc(F)c1.COC(=O)c1[nH]ccc1Cl. The van der Waals surface area contributed by atoms with E-state index in [4.69, 9.17) is 92.5 Å². The Bertz CT molecular complexity index is 6840. The molecular formula is C85H75Cl7F4N16O11. The number of fused-ring (bicyclic) bond motifs is 5. The number of Topliss-reactive ketones (excluding diaryl/α,β-unsaturated/α-hetero) is 1. The van der Waals surface area contributed by atoms with Crippen molar-refractivity contribution in [3.8, 4) is 22.7 Å². The molecule has 0 fully saturated rings. The third kappa shape index (κ3) is 21.2. The fourth-order valence-electron chi connectivity index (χ4n) is 12.7. The molecule has 4 aromatic carbocycles. The maximum atomic E-state index is 13.6. The second kappa shape index (κ2) is 41.4. The van der Waals surface area contributed by atoms with Gasteiger partial charge in [0.15, 0.2) is 5.78 Å². The molecule has 38 heteroatoms. The number of aliphatic hydroxyl groups excluding tert-OH is 1. The number of aromatic amines is 2. The first-order valence-electron chi connectivity index (χ1n) is 37.1. The topological polar surface area (TPSA) is 328 Å². The van der Waals surface area contributed by atoms with E-state index in [2.05, 4.69) is 29.5 Å². The van der Waals surface area contributed by atoms with Crippen LogP contribution in [0.15, 0.2) is 243 Å². The first kappa shape index (κ1) is 92.8. The van der Waals surface area contributed by atoms with Gasteiger partial charge in [0, 0.05) is 103 Å². The second-order valence-electron chi connectivity index (χ2n) is 26.7. The predicted molar refractivity (Wildman–Crippen MR) is 468 cm³/mol. The molecule has 27 nitrogen and oxygen atoms in total. The zero-order chi connectivity index (χ0) is 89.5. The number of rotatable bonds is 15. The van der Waals surface area contributed by atoms with Crippen LogP contribution in [0.5, 0.6) is 0 Å². The molecule has 0 aliphatic heterocycles. The van der Waals surface area contributed by atoms with Crippen LogP contribution < -0.4 is 33.5 Å². The normalized spacial score (nSPS) is 11.6. The molecule has 3 unspecified atom stereocenters. The van der Waals surface area contributed by atoms with Crippen LogP contribution in [0.25, 0.3) is 60.8 Å². The number of carbonyl (C=O) groups excluding carboxylic acids is 3. The summed E-state index contributed by atoms with van der Waals surface area (Å²) in [4.78, 5) is 104. The van der Waals surface area contributed by atoms with E-state index in [1.54, 1.807) is 191 Å². The Labute approximate surface area is 730 Å². The van der Waals surface area contributed by atoms with Gasteiger partial charge in [-0.25, -0.2) is 27.2 Å². The Morgan fingerprint density at radius 3 is 1.25 bits per heavy atom. The van der Waals surface area contributed by atoms with Gasteiger partial charge in [0.05, 0.1) is 108 Å². The van der Waals surface area contributed by atoms with Gasteiger partial charge in [0.1, 0.15) is 62.2 Å². The van der Waals surface area contributed by atoms with Crippen LogP contribution >= 0.6 is 81.2 Å². The number of nitrogens with one attached hydrogen (secondary N) is 2. The van der Waals surface area contributed by atoms with Crippen molar-refractivity contribution >= 4 is 127 Å². The van der Waals surface area contributed by atoms with Crippen molar-refractivity contribution in [1.82, 2.24) is 54.8 Å². The summed E-state index contributed by atoms with van der Waals surface area (Å²) in [5.74, 6) is -2.68. The lowest BCUT2D eigenvalue weighted by molar-refractivity contribution is -0.119. The van der Waals surface area contributed by atoms with Gasteiger partial charge in [-0.3, -0.25) is 47.0 Å². The molecule has 16 rings (SSSR count). The van der Waals surface area contributed by atoms with Crippen molar-refractivity contribution in [2.45, 2.75) is 85.5 Å². The minimum absolute atomic E-state index is 0.0346. The summed E-state index contributed by atoms with van der Waals surface area (Å²) in [6.07, 6.45) is 21.4. The number of hydrogen-bond acceptors (Lipinski definition) is 13. The van der Waals surface area contributed by atoms with Gasteiger partial charge < -0.3 is 56.9 Å². The van der Waals surface area contributed by atoms with Gasteiger partial charge >= 0.3 is 11.9 Å². The summed E-state index contributed by atoms with van der Waals surface area (Å²) in [7, 11) is 2.58. The number of carbonyl (C=O) groups is 3. The van der Waals surface area contributed by atoms with Gasteiger partial charge in [-0.05, 0) is 147 Å². The van der Waals surface area contributed by atoms with Gasteiger partial charge in [-0.1, -0.05) is 138 Å². The third-order valence-electron chi connectivity index (χ3n) is 18.6. The fraction of sp³-hybridized carbons (Fsp3) is 0.176. The first-order chi connectivity index (χ1) is 58.7. The number of azide groups is 1. The standard InChI is InChI=1S/C15H11ClFN5O.C15H13ClFN3O.C15H12ClFN2O2.C15H12ClFN2O.C10H12ClNO3.C9H9ClN2O.C6H6ClNO2/c1-9(19-20-18)13-8-21-6-5-12(16)14(21)15(23)22(13)11-4-2-3-10(17)7-11;1-9(18)13-8-19-6-5-12(16)14(19)15(21)20(13)11-4-2-3-10(17)7-11;1-9(20)13-8-18-6-5-12(16)14(18)15(21)19(13)11-4-2-3-10(17)7-11;1-2-11-9-18-7-6-13(16)14(18)15(20)19(11)12-5-3-4-10(17)8-12;1-3-7(13)6-12-5-4-8(11)9(12)10(14)15-2;1-2-6-5-12-4-3-7(10)8(12)9(13)11-6;1-10-6(9)5-4(7)2-3-8-5/h2-9H,1H3;2-9H,18H2,1H3;2-9,20H,1H3;3-9H,2H2,1H3;4-5H,3,6H2,1-2H3;3-5H,2H2,1H3,(H,11,13);2-3,8H,1H3.